The number of hydrogen-bond donors (Lipinski definition) is 1. The summed E-state index contributed by atoms with van der Waals surface area (Å²) in [5.41, 5.74) is 2.86. The van der Waals surface area contributed by atoms with Gasteiger partial charge < -0.3 is 10.2 Å². The van der Waals surface area contributed by atoms with E-state index in [-0.39, 0.29) is 6.03 Å². The fourth-order valence-electron chi connectivity index (χ4n) is 3.52. The fourth-order valence-corrected chi connectivity index (χ4v) is 3.52. The number of hydrogen-bond acceptors (Lipinski definition) is 1. The zero-order chi connectivity index (χ0) is 13.9. The van der Waals surface area contributed by atoms with Crippen LogP contribution in [0.1, 0.15) is 43.2 Å². The van der Waals surface area contributed by atoms with Gasteiger partial charge in [0.25, 0.3) is 0 Å². The van der Waals surface area contributed by atoms with Crippen LogP contribution in [0.3, 0.4) is 0 Å². The number of benzene rings is 1. The van der Waals surface area contributed by atoms with Crippen LogP contribution >= 0.6 is 0 Å². The zero-order valence-corrected chi connectivity index (χ0v) is 12.3. The first-order chi connectivity index (χ1) is 9.74. The Balaban J connectivity index is 1.60. The number of likely N-dealkylation sites (N-methyl/N-ethyl adjacent to an activating group) is 1. The fraction of sp³-hybridized carbons (Fsp3) is 0.588. The first-order valence-electron chi connectivity index (χ1n) is 7.84. The second-order valence-corrected chi connectivity index (χ2v) is 6.21. The van der Waals surface area contributed by atoms with Gasteiger partial charge in [-0.2, -0.15) is 0 Å². The molecule has 2 amide bonds. The van der Waals surface area contributed by atoms with Crippen LogP contribution in [0.5, 0.6) is 0 Å². The normalized spacial score (nSPS) is 22.4. The second-order valence-electron chi connectivity index (χ2n) is 6.21. The van der Waals surface area contributed by atoms with E-state index in [4.69, 9.17) is 0 Å². The van der Waals surface area contributed by atoms with Crippen molar-refractivity contribution in [3.63, 3.8) is 0 Å². The van der Waals surface area contributed by atoms with E-state index < -0.39 is 0 Å². The molecule has 20 heavy (non-hydrogen) atoms. The van der Waals surface area contributed by atoms with Crippen LogP contribution in [-0.2, 0) is 12.8 Å². The van der Waals surface area contributed by atoms with Gasteiger partial charge in [0.05, 0.1) is 0 Å². The summed E-state index contributed by atoms with van der Waals surface area (Å²) in [6.45, 7) is 0. The molecule has 0 spiro atoms. The summed E-state index contributed by atoms with van der Waals surface area (Å²) in [4.78, 5) is 14.2. The molecule has 3 rings (SSSR count). The maximum absolute atomic E-state index is 12.3. The monoisotopic (exact) mass is 272 g/mol. The molecule has 0 aromatic heterocycles. The predicted molar refractivity (Wildman–Crippen MR) is 80.8 cm³/mol. The van der Waals surface area contributed by atoms with Gasteiger partial charge in [0.1, 0.15) is 0 Å². The van der Waals surface area contributed by atoms with Crippen molar-refractivity contribution < 1.29 is 4.79 Å². The highest BCUT2D eigenvalue weighted by molar-refractivity contribution is 5.74. The van der Waals surface area contributed by atoms with Crippen LogP contribution < -0.4 is 5.32 Å². The van der Waals surface area contributed by atoms with Crippen molar-refractivity contribution in [2.75, 3.05) is 7.05 Å². The Labute approximate surface area is 121 Å². The minimum Gasteiger partial charge on any atom is -0.335 e. The van der Waals surface area contributed by atoms with Crippen LogP contribution in [0.15, 0.2) is 24.3 Å². The van der Waals surface area contributed by atoms with Gasteiger partial charge in [-0.25, -0.2) is 4.79 Å². The van der Waals surface area contributed by atoms with Gasteiger partial charge in [0.15, 0.2) is 0 Å². The quantitative estimate of drug-likeness (QED) is 0.881. The van der Waals surface area contributed by atoms with Crippen molar-refractivity contribution in [1.82, 2.24) is 10.2 Å². The van der Waals surface area contributed by atoms with Crippen LogP contribution in [0, 0.1) is 0 Å². The number of carbonyl (C=O) groups is 1. The zero-order valence-electron chi connectivity index (χ0n) is 12.3. The minimum absolute atomic E-state index is 0.112. The summed E-state index contributed by atoms with van der Waals surface area (Å²) < 4.78 is 0. The lowest BCUT2D eigenvalue weighted by atomic mass is 9.88. The van der Waals surface area contributed by atoms with E-state index in [1.54, 1.807) is 0 Å². The minimum atomic E-state index is 0.112. The van der Waals surface area contributed by atoms with Crippen molar-refractivity contribution in [1.29, 1.82) is 0 Å². The van der Waals surface area contributed by atoms with Crippen LogP contribution in [0.2, 0.25) is 0 Å². The molecule has 0 bridgehead atoms. The number of urea groups is 1. The maximum atomic E-state index is 12.3. The van der Waals surface area contributed by atoms with Gasteiger partial charge >= 0.3 is 6.03 Å². The van der Waals surface area contributed by atoms with Gasteiger partial charge in [0.2, 0.25) is 0 Å². The van der Waals surface area contributed by atoms with Crippen molar-refractivity contribution in [2.24, 2.45) is 0 Å². The van der Waals surface area contributed by atoms with E-state index in [9.17, 15) is 4.79 Å². The summed E-state index contributed by atoms with van der Waals surface area (Å²) in [6, 6.07) is 9.47. The lowest BCUT2D eigenvalue weighted by Crippen LogP contribution is -2.48. The van der Waals surface area contributed by atoms with E-state index in [1.165, 1.54) is 24.0 Å². The van der Waals surface area contributed by atoms with Crippen molar-refractivity contribution in [3.05, 3.63) is 35.4 Å². The molecule has 1 atom stereocenters. The van der Waals surface area contributed by atoms with Gasteiger partial charge in [0, 0.05) is 19.1 Å². The molecule has 3 nitrogen and oxygen atoms in total. The number of aryl methyl sites for hydroxylation is 1. The predicted octanol–water partition coefficient (Wildman–Crippen LogP) is 3.13. The molecule has 1 aromatic carbocycles. The Morgan fingerprint density at radius 1 is 1.15 bits per heavy atom. The molecule has 1 N–H and O–H groups in total. The molecule has 0 aliphatic heterocycles. The summed E-state index contributed by atoms with van der Waals surface area (Å²) in [5, 5.41) is 3.19. The third-order valence-corrected chi connectivity index (χ3v) is 4.87. The Hall–Kier alpha value is -1.51. The largest absolute Gasteiger partial charge is 0.335 e. The first-order valence-corrected chi connectivity index (χ1v) is 7.84. The first kappa shape index (κ1) is 13.5. The molecular weight excluding hydrogens is 248 g/mol. The summed E-state index contributed by atoms with van der Waals surface area (Å²) >= 11 is 0. The summed E-state index contributed by atoms with van der Waals surface area (Å²) in [6.07, 6.45) is 7.95. The summed E-state index contributed by atoms with van der Waals surface area (Å²) in [5.74, 6) is 0. The molecule has 3 heteroatoms. The second kappa shape index (κ2) is 5.86. The Morgan fingerprint density at radius 3 is 2.60 bits per heavy atom. The van der Waals surface area contributed by atoms with E-state index in [0.717, 1.165) is 32.1 Å². The number of fused-ring (bicyclic) bond motifs is 1. The topological polar surface area (TPSA) is 32.3 Å². The van der Waals surface area contributed by atoms with Crippen molar-refractivity contribution >= 4 is 6.03 Å². The average molecular weight is 272 g/mol. The van der Waals surface area contributed by atoms with Crippen molar-refractivity contribution in [2.45, 2.75) is 57.0 Å². The third-order valence-electron chi connectivity index (χ3n) is 4.87. The van der Waals surface area contributed by atoms with E-state index >= 15 is 0 Å². The van der Waals surface area contributed by atoms with Crippen LogP contribution in [0.25, 0.3) is 0 Å². The average Bonchev–Trinajstić information content (AvgIpc) is 2.99. The molecule has 0 saturated heterocycles. The van der Waals surface area contributed by atoms with Gasteiger partial charge in [-0.1, -0.05) is 37.1 Å². The summed E-state index contributed by atoms with van der Waals surface area (Å²) in [7, 11) is 1.95. The molecule has 2 aliphatic rings. The van der Waals surface area contributed by atoms with Gasteiger partial charge in [-0.05, 0) is 43.2 Å². The SMILES string of the molecule is CN(C(=O)NC1CCCC1)C1CCc2ccccc2C1. The van der Waals surface area contributed by atoms with E-state index in [1.807, 2.05) is 11.9 Å². The lowest BCUT2D eigenvalue weighted by molar-refractivity contribution is 0.180. The highest BCUT2D eigenvalue weighted by atomic mass is 16.2. The number of rotatable bonds is 2. The van der Waals surface area contributed by atoms with Gasteiger partial charge in [-0.15, -0.1) is 0 Å². The molecular formula is C17H24N2O. The smallest absolute Gasteiger partial charge is 0.317 e. The molecule has 1 saturated carbocycles. The molecule has 1 unspecified atom stereocenters. The third kappa shape index (κ3) is 2.82. The Morgan fingerprint density at radius 2 is 1.85 bits per heavy atom. The van der Waals surface area contributed by atoms with Gasteiger partial charge in [-0.3, -0.25) is 0 Å². The van der Waals surface area contributed by atoms with E-state index in [2.05, 4.69) is 29.6 Å². The molecule has 1 aromatic rings. The molecule has 1 fully saturated rings. The molecule has 0 heterocycles. The number of nitrogens with zero attached hydrogens (tertiary/aromatic N) is 1. The standard InChI is InChI=1S/C17H24N2O/c1-19(17(20)18-15-8-4-5-9-15)16-11-10-13-6-2-3-7-14(13)12-16/h2-3,6-7,15-16H,4-5,8-12H2,1H3,(H,18,20). The molecule has 108 valence electrons. The highest BCUT2D eigenvalue weighted by Crippen LogP contribution is 2.24. The number of nitrogens with one attached hydrogen (secondary N) is 1. The molecule has 2 aliphatic carbocycles. The Kier molecular flexibility index (Phi) is 3.95. The Bertz CT molecular complexity index is 480. The molecule has 0 radical (unpaired) electrons. The van der Waals surface area contributed by atoms with E-state index in [0.29, 0.717) is 12.1 Å². The number of amides is 2. The number of carbonyl (C=O) groups excluding carboxylic acids is 1. The van der Waals surface area contributed by atoms with Crippen molar-refractivity contribution in [3.8, 4) is 0 Å². The van der Waals surface area contributed by atoms with Crippen LogP contribution in [-0.4, -0.2) is 30.1 Å². The lowest BCUT2D eigenvalue weighted by Gasteiger charge is -2.33. The maximum Gasteiger partial charge on any atom is 0.317 e. The van der Waals surface area contributed by atoms with Crippen LogP contribution in [0.4, 0.5) is 4.79 Å². The highest BCUT2D eigenvalue weighted by Gasteiger charge is 2.26.